The van der Waals surface area contributed by atoms with Crippen molar-refractivity contribution in [2.24, 2.45) is 10.1 Å². The number of carbonyl (C=O) groups excluding carboxylic acids is 1. The summed E-state index contributed by atoms with van der Waals surface area (Å²) in [6, 6.07) is 30.6. The molecule has 5 rings (SSSR count). The van der Waals surface area contributed by atoms with Gasteiger partial charge in [0.1, 0.15) is 5.75 Å². The van der Waals surface area contributed by atoms with E-state index in [-0.39, 0.29) is 18.9 Å². The molecule has 1 aliphatic rings. The Kier molecular flexibility index (Phi) is 10.6. The number of aliphatic hydroxyl groups is 3. The number of ether oxygens (including phenoxy) is 2. The molecule has 236 valence electrons. The summed E-state index contributed by atoms with van der Waals surface area (Å²) in [5, 5.41) is 35.3. The first-order valence-corrected chi connectivity index (χ1v) is 14.9. The molecule has 0 unspecified atom stereocenters. The van der Waals surface area contributed by atoms with Gasteiger partial charge < -0.3 is 30.1 Å². The van der Waals surface area contributed by atoms with Crippen LogP contribution in [-0.2, 0) is 16.0 Å². The Morgan fingerprint density at radius 1 is 0.913 bits per heavy atom. The molecule has 46 heavy (non-hydrogen) atoms. The van der Waals surface area contributed by atoms with Crippen LogP contribution in [0.25, 0.3) is 21.6 Å². The summed E-state index contributed by atoms with van der Waals surface area (Å²) >= 11 is 0. The number of hydrogen-bond acceptors (Lipinski definition) is 8. The fraction of sp³-hybridized carbons (Fsp3) is 0.257. The number of nitrogens with one attached hydrogen (secondary N) is 1. The molecule has 4 aromatic carbocycles. The van der Waals surface area contributed by atoms with Crippen molar-refractivity contribution >= 4 is 17.5 Å². The SMILES string of the molecule is [N-]=[N+]=Nc1ccccc1C[C@@]1(C(=O)NC(CO)CO)N=C(c2ccc(OCCCO)cc2)O[C@@H]1c1ccc(-c2ccccc2)cc1. The Hall–Kier alpha value is -5.19. The maximum absolute atomic E-state index is 14.4. The lowest BCUT2D eigenvalue weighted by atomic mass is 9.81. The molecular weight excluding hydrogens is 586 g/mol. The Balaban J connectivity index is 1.62. The molecular formula is C35H35N5O6. The third-order valence-corrected chi connectivity index (χ3v) is 7.73. The molecule has 0 spiro atoms. The molecule has 0 bridgehead atoms. The standard InChI is InChI=1S/C35H35N5O6/c36-40-39-31-10-5-4-9-28(31)21-35(34(44)37-29(22-42)23-43)32(26-13-11-25(12-14-26)24-7-2-1-3-8-24)46-33(38-35)27-15-17-30(18-16-27)45-20-6-19-41/h1-5,7-18,29,32,41-43H,6,19-23H2,(H,37,44)/t32-,35-/m1/s1. The normalized spacial score (nSPS) is 17.1. The molecule has 1 aliphatic heterocycles. The van der Waals surface area contributed by atoms with Crippen molar-refractivity contribution in [1.82, 2.24) is 5.32 Å². The smallest absolute Gasteiger partial charge is 0.253 e. The molecule has 1 heterocycles. The number of nitrogens with zero attached hydrogens (tertiary/aromatic N) is 4. The average molecular weight is 622 g/mol. The number of aliphatic imine (C=N–C) groups is 1. The van der Waals surface area contributed by atoms with E-state index in [1.165, 1.54) is 0 Å². The average Bonchev–Trinajstić information content (AvgIpc) is 3.49. The molecule has 0 fully saturated rings. The number of amides is 1. The predicted octanol–water partition coefficient (Wildman–Crippen LogP) is 5.03. The van der Waals surface area contributed by atoms with Crippen LogP contribution in [0.1, 0.15) is 29.2 Å². The van der Waals surface area contributed by atoms with E-state index in [9.17, 15) is 20.5 Å². The molecule has 0 saturated heterocycles. The summed E-state index contributed by atoms with van der Waals surface area (Å²) in [6.45, 7) is -0.589. The van der Waals surface area contributed by atoms with Crippen LogP contribution in [0, 0.1) is 0 Å². The van der Waals surface area contributed by atoms with Crippen molar-refractivity contribution in [2.45, 2.75) is 30.5 Å². The summed E-state index contributed by atoms with van der Waals surface area (Å²) < 4.78 is 12.2. The van der Waals surface area contributed by atoms with Crippen molar-refractivity contribution in [2.75, 3.05) is 26.4 Å². The van der Waals surface area contributed by atoms with E-state index in [2.05, 4.69) is 15.3 Å². The highest BCUT2D eigenvalue weighted by Gasteiger charge is 2.54. The van der Waals surface area contributed by atoms with Crippen molar-refractivity contribution in [1.29, 1.82) is 0 Å². The van der Waals surface area contributed by atoms with Gasteiger partial charge in [0.15, 0.2) is 11.6 Å². The van der Waals surface area contributed by atoms with Crippen molar-refractivity contribution in [3.05, 3.63) is 130 Å². The van der Waals surface area contributed by atoms with Gasteiger partial charge in [-0.3, -0.25) is 4.79 Å². The van der Waals surface area contributed by atoms with E-state index >= 15 is 0 Å². The van der Waals surface area contributed by atoms with Gasteiger partial charge in [-0.15, -0.1) is 0 Å². The second kappa shape index (κ2) is 15.2. The van der Waals surface area contributed by atoms with Crippen LogP contribution in [-0.4, -0.2) is 65.1 Å². The van der Waals surface area contributed by atoms with Crippen LogP contribution in [0.15, 0.2) is 113 Å². The third-order valence-electron chi connectivity index (χ3n) is 7.73. The Morgan fingerprint density at radius 3 is 2.24 bits per heavy atom. The molecule has 0 aliphatic carbocycles. The van der Waals surface area contributed by atoms with Gasteiger partial charge in [0.2, 0.25) is 5.90 Å². The van der Waals surface area contributed by atoms with Gasteiger partial charge >= 0.3 is 0 Å². The lowest BCUT2D eigenvalue weighted by Gasteiger charge is -2.32. The van der Waals surface area contributed by atoms with Crippen molar-refractivity contribution < 1.29 is 29.6 Å². The van der Waals surface area contributed by atoms with Crippen LogP contribution in [0.3, 0.4) is 0 Å². The van der Waals surface area contributed by atoms with Gasteiger partial charge in [-0.05, 0) is 52.1 Å². The maximum atomic E-state index is 14.4. The third kappa shape index (κ3) is 7.20. The van der Waals surface area contributed by atoms with Gasteiger partial charge in [-0.25, -0.2) is 4.99 Å². The van der Waals surface area contributed by atoms with E-state index in [4.69, 9.17) is 19.6 Å². The van der Waals surface area contributed by atoms with Crippen molar-refractivity contribution in [3.63, 3.8) is 0 Å². The lowest BCUT2D eigenvalue weighted by molar-refractivity contribution is -0.130. The van der Waals surface area contributed by atoms with E-state index in [0.29, 0.717) is 41.2 Å². The summed E-state index contributed by atoms with van der Waals surface area (Å²) in [4.78, 5) is 22.3. The summed E-state index contributed by atoms with van der Waals surface area (Å²) in [5.74, 6) is 0.234. The molecule has 11 heteroatoms. The highest BCUT2D eigenvalue weighted by molar-refractivity contribution is 6.01. The molecule has 0 radical (unpaired) electrons. The largest absolute Gasteiger partial charge is 0.494 e. The number of benzene rings is 4. The fourth-order valence-corrected chi connectivity index (χ4v) is 5.32. The quantitative estimate of drug-likeness (QED) is 0.0667. The number of hydrogen-bond donors (Lipinski definition) is 4. The summed E-state index contributed by atoms with van der Waals surface area (Å²) in [7, 11) is 0. The van der Waals surface area contributed by atoms with E-state index in [1.54, 1.807) is 48.5 Å². The summed E-state index contributed by atoms with van der Waals surface area (Å²) in [5.41, 5.74) is 11.8. The second-order valence-electron chi connectivity index (χ2n) is 10.8. The minimum atomic E-state index is -1.64. The number of carbonyl (C=O) groups is 1. The monoisotopic (exact) mass is 621 g/mol. The molecule has 11 nitrogen and oxygen atoms in total. The lowest BCUT2D eigenvalue weighted by Crippen LogP contribution is -2.54. The number of aliphatic hydroxyl groups excluding tert-OH is 3. The highest BCUT2D eigenvalue weighted by Crippen LogP contribution is 2.44. The van der Waals surface area contributed by atoms with Crippen LogP contribution < -0.4 is 10.1 Å². The Labute approximate surface area is 266 Å². The van der Waals surface area contributed by atoms with E-state index < -0.39 is 36.8 Å². The van der Waals surface area contributed by atoms with Gasteiger partial charge in [0.05, 0.1) is 25.9 Å². The van der Waals surface area contributed by atoms with Gasteiger partial charge in [0.25, 0.3) is 5.91 Å². The Morgan fingerprint density at radius 2 is 1.57 bits per heavy atom. The van der Waals surface area contributed by atoms with Crippen LogP contribution in [0.2, 0.25) is 0 Å². The van der Waals surface area contributed by atoms with Gasteiger partial charge in [0, 0.05) is 35.6 Å². The topological polar surface area (TPSA) is 169 Å². The zero-order valence-electron chi connectivity index (χ0n) is 25.1. The molecule has 2 atom stereocenters. The number of rotatable bonds is 14. The minimum absolute atomic E-state index is 0.0193. The first kappa shape index (κ1) is 32.2. The van der Waals surface area contributed by atoms with Gasteiger partial charge in [-0.1, -0.05) is 84.0 Å². The predicted molar refractivity (Wildman–Crippen MR) is 174 cm³/mol. The maximum Gasteiger partial charge on any atom is 0.253 e. The zero-order valence-corrected chi connectivity index (χ0v) is 25.1. The molecule has 0 saturated carbocycles. The molecule has 4 aromatic rings. The van der Waals surface area contributed by atoms with Crippen LogP contribution in [0.4, 0.5) is 5.69 Å². The van der Waals surface area contributed by atoms with E-state index in [1.807, 2.05) is 54.6 Å². The minimum Gasteiger partial charge on any atom is -0.494 e. The van der Waals surface area contributed by atoms with Crippen LogP contribution >= 0.6 is 0 Å². The van der Waals surface area contributed by atoms with Crippen LogP contribution in [0.5, 0.6) is 5.75 Å². The summed E-state index contributed by atoms with van der Waals surface area (Å²) in [6.07, 6.45) is -0.459. The van der Waals surface area contributed by atoms with Crippen molar-refractivity contribution in [3.8, 4) is 16.9 Å². The zero-order chi connectivity index (χ0) is 32.4. The van der Waals surface area contributed by atoms with E-state index in [0.717, 1.165) is 11.1 Å². The fourth-order valence-electron chi connectivity index (χ4n) is 5.32. The highest BCUT2D eigenvalue weighted by atomic mass is 16.5. The first-order chi connectivity index (χ1) is 22.5. The molecule has 1 amide bonds. The first-order valence-electron chi connectivity index (χ1n) is 14.9. The molecule has 0 aromatic heterocycles. The Bertz CT molecular complexity index is 1690. The molecule has 4 N–H and O–H groups in total. The second-order valence-corrected chi connectivity index (χ2v) is 10.8. The number of azide groups is 1. The van der Waals surface area contributed by atoms with Gasteiger partial charge in [-0.2, -0.15) is 0 Å².